The van der Waals surface area contributed by atoms with Gasteiger partial charge in [-0.3, -0.25) is 4.79 Å². The zero-order valence-electron chi connectivity index (χ0n) is 11.9. The zero-order chi connectivity index (χ0) is 14.1. The summed E-state index contributed by atoms with van der Waals surface area (Å²) in [5.74, 6) is 2.19. The lowest BCUT2D eigenvalue weighted by Gasteiger charge is -2.10. The molecule has 0 saturated carbocycles. The third-order valence-electron chi connectivity index (χ3n) is 2.45. The van der Waals surface area contributed by atoms with E-state index in [2.05, 4.69) is 25.9 Å². The number of carbonyl (C=O) groups excluding carboxylic acids is 1. The van der Waals surface area contributed by atoms with Gasteiger partial charge in [0, 0.05) is 25.6 Å². The van der Waals surface area contributed by atoms with Crippen molar-refractivity contribution in [3.05, 3.63) is 11.9 Å². The standard InChI is InChI=1S/C13H23N5O/c1-4-7-15-13(19)9-16-12-8-11(14-6-3)17-10(5-2)18-12/h8H,4-7,9H2,1-3H3,(H,15,19)(H2,14,16,17,18). The van der Waals surface area contributed by atoms with E-state index in [1.165, 1.54) is 0 Å². The summed E-state index contributed by atoms with van der Waals surface area (Å²) in [6, 6.07) is 1.82. The van der Waals surface area contributed by atoms with Crippen LogP contribution in [0.15, 0.2) is 6.07 Å². The fraction of sp³-hybridized carbons (Fsp3) is 0.615. The maximum absolute atomic E-state index is 11.5. The molecule has 0 aliphatic carbocycles. The molecule has 1 aromatic heterocycles. The summed E-state index contributed by atoms with van der Waals surface area (Å²) in [5.41, 5.74) is 0. The van der Waals surface area contributed by atoms with Crippen LogP contribution in [0.25, 0.3) is 0 Å². The highest BCUT2D eigenvalue weighted by atomic mass is 16.1. The van der Waals surface area contributed by atoms with Crippen molar-refractivity contribution in [1.29, 1.82) is 0 Å². The highest BCUT2D eigenvalue weighted by Crippen LogP contribution is 2.11. The number of aryl methyl sites for hydroxylation is 1. The van der Waals surface area contributed by atoms with Crippen molar-refractivity contribution in [3.8, 4) is 0 Å². The number of anilines is 2. The van der Waals surface area contributed by atoms with Crippen LogP contribution in [-0.4, -0.2) is 35.5 Å². The van der Waals surface area contributed by atoms with Crippen LogP contribution in [0.1, 0.15) is 33.0 Å². The first kappa shape index (κ1) is 15.2. The van der Waals surface area contributed by atoms with Gasteiger partial charge in [-0.15, -0.1) is 0 Å². The van der Waals surface area contributed by atoms with Crippen molar-refractivity contribution < 1.29 is 4.79 Å². The summed E-state index contributed by atoms with van der Waals surface area (Å²) in [6.45, 7) is 7.77. The Kier molecular flexibility index (Phi) is 6.63. The van der Waals surface area contributed by atoms with Gasteiger partial charge in [0.05, 0.1) is 6.54 Å². The number of nitrogens with zero attached hydrogens (tertiary/aromatic N) is 2. The van der Waals surface area contributed by atoms with Crippen LogP contribution >= 0.6 is 0 Å². The van der Waals surface area contributed by atoms with Gasteiger partial charge in [-0.05, 0) is 13.3 Å². The smallest absolute Gasteiger partial charge is 0.239 e. The molecule has 3 N–H and O–H groups in total. The van der Waals surface area contributed by atoms with E-state index >= 15 is 0 Å². The van der Waals surface area contributed by atoms with E-state index in [0.29, 0.717) is 12.4 Å². The van der Waals surface area contributed by atoms with Crippen LogP contribution in [0, 0.1) is 0 Å². The first-order valence-corrected chi connectivity index (χ1v) is 6.81. The normalized spacial score (nSPS) is 10.1. The van der Waals surface area contributed by atoms with Crippen LogP contribution in [0.2, 0.25) is 0 Å². The van der Waals surface area contributed by atoms with Crippen molar-refractivity contribution in [2.24, 2.45) is 0 Å². The molecule has 1 aromatic rings. The lowest BCUT2D eigenvalue weighted by atomic mass is 10.4. The maximum Gasteiger partial charge on any atom is 0.239 e. The van der Waals surface area contributed by atoms with Crippen LogP contribution in [0.3, 0.4) is 0 Å². The van der Waals surface area contributed by atoms with E-state index in [0.717, 1.165) is 31.0 Å². The van der Waals surface area contributed by atoms with Crippen LogP contribution in [-0.2, 0) is 11.2 Å². The van der Waals surface area contributed by atoms with E-state index in [1.54, 1.807) is 0 Å². The molecule has 1 rings (SSSR count). The molecule has 0 radical (unpaired) electrons. The van der Waals surface area contributed by atoms with Gasteiger partial charge >= 0.3 is 0 Å². The maximum atomic E-state index is 11.5. The Balaban J connectivity index is 2.61. The molecule has 0 aromatic carbocycles. The first-order valence-electron chi connectivity index (χ1n) is 6.81. The van der Waals surface area contributed by atoms with Gasteiger partial charge in [-0.1, -0.05) is 13.8 Å². The average Bonchev–Trinajstić information content (AvgIpc) is 2.43. The molecule has 106 valence electrons. The molecular formula is C13H23N5O. The minimum atomic E-state index is -0.0245. The Morgan fingerprint density at radius 1 is 1.16 bits per heavy atom. The first-order chi connectivity index (χ1) is 9.19. The van der Waals surface area contributed by atoms with Crippen LogP contribution < -0.4 is 16.0 Å². The zero-order valence-corrected chi connectivity index (χ0v) is 11.9. The minimum Gasteiger partial charge on any atom is -0.370 e. The molecular weight excluding hydrogens is 242 g/mol. The van der Waals surface area contributed by atoms with E-state index in [9.17, 15) is 4.79 Å². The third kappa shape index (κ3) is 5.54. The largest absolute Gasteiger partial charge is 0.370 e. The van der Waals surface area contributed by atoms with Gasteiger partial charge < -0.3 is 16.0 Å². The number of hydrogen-bond acceptors (Lipinski definition) is 5. The molecule has 0 unspecified atom stereocenters. The Labute approximate surface area is 114 Å². The molecule has 0 aliphatic heterocycles. The highest BCUT2D eigenvalue weighted by molar-refractivity contribution is 5.80. The molecule has 6 heteroatoms. The number of carbonyl (C=O) groups is 1. The van der Waals surface area contributed by atoms with E-state index < -0.39 is 0 Å². The van der Waals surface area contributed by atoms with E-state index in [-0.39, 0.29) is 12.5 Å². The van der Waals surface area contributed by atoms with Crippen molar-refractivity contribution in [3.63, 3.8) is 0 Å². The monoisotopic (exact) mass is 265 g/mol. The Morgan fingerprint density at radius 3 is 2.42 bits per heavy atom. The van der Waals surface area contributed by atoms with Gasteiger partial charge in [0.25, 0.3) is 0 Å². The molecule has 1 amide bonds. The van der Waals surface area contributed by atoms with Gasteiger partial charge in [0.1, 0.15) is 17.5 Å². The Bertz CT molecular complexity index is 408. The number of nitrogens with one attached hydrogen (secondary N) is 3. The number of amides is 1. The summed E-state index contributed by atoms with van der Waals surface area (Å²) < 4.78 is 0. The lowest BCUT2D eigenvalue weighted by Crippen LogP contribution is -2.30. The fourth-order valence-electron chi connectivity index (χ4n) is 1.52. The molecule has 0 aliphatic rings. The van der Waals surface area contributed by atoms with Crippen molar-refractivity contribution in [2.75, 3.05) is 30.3 Å². The Morgan fingerprint density at radius 2 is 1.84 bits per heavy atom. The fourth-order valence-corrected chi connectivity index (χ4v) is 1.52. The second kappa shape index (κ2) is 8.29. The molecule has 0 atom stereocenters. The summed E-state index contributed by atoms with van der Waals surface area (Å²) in [5, 5.41) is 8.99. The molecule has 1 heterocycles. The average molecular weight is 265 g/mol. The minimum absolute atomic E-state index is 0.0245. The van der Waals surface area contributed by atoms with Crippen molar-refractivity contribution in [2.45, 2.75) is 33.6 Å². The highest BCUT2D eigenvalue weighted by Gasteiger charge is 2.05. The van der Waals surface area contributed by atoms with Gasteiger partial charge in [0.2, 0.25) is 5.91 Å². The van der Waals surface area contributed by atoms with Crippen LogP contribution in [0.4, 0.5) is 11.6 Å². The number of rotatable bonds is 8. The second-order valence-corrected chi connectivity index (χ2v) is 4.14. The topological polar surface area (TPSA) is 78.9 Å². The summed E-state index contributed by atoms with van der Waals surface area (Å²) in [4.78, 5) is 20.2. The number of aromatic nitrogens is 2. The molecule has 19 heavy (non-hydrogen) atoms. The predicted molar refractivity (Wildman–Crippen MR) is 77.4 cm³/mol. The molecule has 0 saturated heterocycles. The van der Waals surface area contributed by atoms with Crippen LogP contribution in [0.5, 0.6) is 0 Å². The molecule has 0 fully saturated rings. The van der Waals surface area contributed by atoms with Crippen molar-refractivity contribution in [1.82, 2.24) is 15.3 Å². The lowest BCUT2D eigenvalue weighted by molar-refractivity contribution is -0.119. The summed E-state index contributed by atoms with van der Waals surface area (Å²) in [6.07, 6.45) is 1.69. The second-order valence-electron chi connectivity index (χ2n) is 4.14. The quantitative estimate of drug-likeness (QED) is 0.662. The number of hydrogen-bond donors (Lipinski definition) is 3. The predicted octanol–water partition coefficient (Wildman–Crippen LogP) is 1.41. The Hall–Kier alpha value is -1.85. The SMILES string of the molecule is CCCNC(=O)CNc1cc(NCC)nc(CC)n1. The third-order valence-corrected chi connectivity index (χ3v) is 2.45. The van der Waals surface area contributed by atoms with Gasteiger partial charge in [0.15, 0.2) is 0 Å². The van der Waals surface area contributed by atoms with E-state index in [1.807, 2.05) is 26.8 Å². The summed E-state index contributed by atoms with van der Waals surface area (Å²) in [7, 11) is 0. The molecule has 0 bridgehead atoms. The van der Waals surface area contributed by atoms with E-state index in [4.69, 9.17) is 0 Å². The molecule has 0 spiro atoms. The van der Waals surface area contributed by atoms with Gasteiger partial charge in [-0.25, -0.2) is 9.97 Å². The summed E-state index contributed by atoms with van der Waals surface area (Å²) >= 11 is 0. The van der Waals surface area contributed by atoms with Crippen molar-refractivity contribution >= 4 is 17.5 Å². The molecule has 6 nitrogen and oxygen atoms in total. The van der Waals surface area contributed by atoms with Gasteiger partial charge in [-0.2, -0.15) is 0 Å².